The summed E-state index contributed by atoms with van der Waals surface area (Å²) < 4.78 is 36.5. The molecule has 4 nitrogen and oxygen atoms in total. The first-order valence-corrected chi connectivity index (χ1v) is 5.29. The normalized spacial score (nSPS) is 10.1. The summed E-state index contributed by atoms with van der Waals surface area (Å²) >= 11 is -5.56. The Labute approximate surface area is 51.3 Å². The molecule has 0 aromatic carbocycles. The van der Waals surface area contributed by atoms with Gasteiger partial charge in [-0.15, -0.1) is 0 Å². The Hall–Kier alpha value is 0.778. The molecular formula is H4FO4SSb. The van der Waals surface area contributed by atoms with Crippen molar-refractivity contribution in [3.63, 3.8) is 0 Å². The standard InChI is InChI=1S/FO.2H2O.O.H2S.Sb/c1-2;;;;;/h;2*1H2;;1H2;/q-1;;;;;+3/p-2. The van der Waals surface area contributed by atoms with Crippen LogP contribution in [0.15, 0.2) is 0 Å². The molecule has 0 aromatic heterocycles. The number of halogens is 1. The number of rotatable bonds is 1. The van der Waals surface area contributed by atoms with Crippen LogP contribution in [0.1, 0.15) is 0 Å². The van der Waals surface area contributed by atoms with Crippen LogP contribution >= 0.6 is 13.5 Å². The topological polar surface area (TPSA) is 66.8 Å². The van der Waals surface area contributed by atoms with Crippen molar-refractivity contribution in [2.45, 2.75) is 0 Å². The molecule has 0 aromatic rings. The first kappa shape index (κ1) is 10.7. The van der Waals surface area contributed by atoms with E-state index in [1.54, 1.807) is 0 Å². The molecule has 7 heteroatoms. The van der Waals surface area contributed by atoms with Crippen LogP contribution in [-0.2, 0) is 6.24 Å². The Morgan fingerprint density at radius 2 is 1.71 bits per heavy atom. The van der Waals surface area contributed by atoms with E-state index in [4.69, 9.17) is 6.77 Å². The van der Waals surface area contributed by atoms with Crippen LogP contribution in [0.5, 0.6) is 0 Å². The van der Waals surface area contributed by atoms with Crippen molar-refractivity contribution in [1.82, 2.24) is 0 Å². The van der Waals surface area contributed by atoms with Crippen LogP contribution in [-0.4, -0.2) is 26.8 Å². The van der Waals surface area contributed by atoms with Crippen molar-refractivity contribution in [3.8, 4) is 0 Å². The van der Waals surface area contributed by atoms with Gasteiger partial charge < -0.3 is 0 Å². The summed E-state index contributed by atoms with van der Waals surface area (Å²) in [5, 5.41) is 0. The minimum atomic E-state index is -5.56. The predicted molar refractivity (Wildman–Crippen MR) is 23.5 cm³/mol. The van der Waals surface area contributed by atoms with Gasteiger partial charge in [-0.2, -0.15) is 13.5 Å². The molecule has 0 heterocycles. The SMILES string of the molecule is S.[O]=[Sb]([OH])([OH])[O]F. The van der Waals surface area contributed by atoms with Gasteiger partial charge in [0.2, 0.25) is 0 Å². The molecule has 0 aliphatic rings. The van der Waals surface area contributed by atoms with Crippen LogP contribution < -0.4 is 0 Å². The second kappa shape index (κ2) is 3.74. The van der Waals surface area contributed by atoms with E-state index in [0.29, 0.717) is 0 Å². The summed E-state index contributed by atoms with van der Waals surface area (Å²) in [5.74, 6) is 0. The fourth-order valence-corrected chi connectivity index (χ4v) is 0. The maximum absolute atomic E-state index is 10.3. The third-order valence-corrected chi connectivity index (χ3v) is 0.603. The van der Waals surface area contributed by atoms with Crippen LogP contribution in [0.25, 0.3) is 0 Å². The quantitative estimate of drug-likeness (QED) is 0.569. The van der Waals surface area contributed by atoms with E-state index in [9.17, 15) is 7.54 Å². The van der Waals surface area contributed by atoms with Gasteiger partial charge in [0.25, 0.3) is 0 Å². The Kier molecular flexibility index (Phi) is 5.72. The van der Waals surface area contributed by atoms with Gasteiger partial charge in [-0.1, -0.05) is 0 Å². The number of hydrogen-bond acceptors (Lipinski definition) is 2. The molecule has 46 valence electrons. The molecule has 0 amide bonds. The van der Waals surface area contributed by atoms with Gasteiger partial charge >= 0.3 is 37.6 Å². The minimum absolute atomic E-state index is 0. The average molecular weight is 241 g/mol. The second-order valence-electron chi connectivity index (χ2n) is 0.560. The zero-order chi connectivity index (χ0) is 5.21. The molecular weight excluding hydrogens is 237 g/mol. The van der Waals surface area contributed by atoms with Crippen molar-refractivity contribution in [2.75, 3.05) is 0 Å². The molecule has 0 saturated heterocycles. The molecule has 0 radical (unpaired) electrons. The Morgan fingerprint density at radius 1 is 1.57 bits per heavy atom. The molecule has 7 heavy (non-hydrogen) atoms. The number of hydrogen-bond donors (Lipinski definition) is 2. The molecule has 0 fully saturated rings. The first-order valence-electron chi connectivity index (χ1n) is 0.919. The van der Waals surface area contributed by atoms with Crippen LogP contribution in [0, 0.1) is 0 Å². The first-order chi connectivity index (χ1) is 2.56. The average Bonchev–Trinajstić information content (AvgIpc) is 1.35. The Bertz CT molecular complexity index is 75.8. The van der Waals surface area contributed by atoms with E-state index in [0.717, 1.165) is 0 Å². The fraction of sp³-hybridized carbons (Fsp3) is 0. The summed E-state index contributed by atoms with van der Waals surface area (Å²) in [4.78, 5) is 0. The molecule has 0 atom stereocenters. The van der Waals surface area contributed by atoms with Gasteiger partial charge in [-0.25, -0.2) is 0 Å². The molecule has 2 N–H and O–H groups in total. The van der Waals surface area contributed by atoms with Gasteiger partial charge in [-0.3, -0.25) is 0 Å². The van der Waals surface area contributed by atoms with Gasteiger partial charge in [0.15, 0.2) is 0 Å². The summed E-state index contributed by atoms with van der Waals surface area (Å²) in [6.07, 6.45) is 0. The van der Waals surface area contributed by atoms with Crippen molar-refractivity contribution < 1.29 is 17.5 Å². The molecule has 0 aliphatic heterocycles. The predicted octanol–water partition coefficient (Wildman–Crippen LogP) is -1.15. The zero-order valence-electron chi connectivity index (χ0n) is 3.04. The molecule has 0 saturated carbocycles. The van der Waals surface area contributed by atoms with E-state index < -0.39 is 20.1 Å². The van der Waals surface area contributed by atoms with Gasteiger partial charge in [0.1, 0.15) is 0 Å². The third-order valence-electron chi connectivity index (χ3n) is 0.0899. The maximum atomic E-state index is 10.3. The summed E-state index contributed by atoms with van der Waals surface area (Å²) in [6, 6.07) is 0. The third kappa shape index (κ3) is 10.8. The van der Waals surface area contributed by atoms with E-state index in [-0.39, 0.29) is 13.5 Å². The van der Waals surface area contributed by atoms with Crippen LogP contribution in [0.3, 0.4) is 0 Å². The van der Waals surface area contributed by atoms with Crippen molar-refractivity contribution in [3.05, 3.63) is 0 Å². The van der Waals surface area contributed by atoms with Gasteiger partial charge in [0, 0.05) is 0 Å². The van der Waals surface area contributed by atoms with E-state index in [2.05, 4.69) is 3.22 Å². The fourth-order valence-electron chi connectivity index (χ4n) is 0. The summed E-state index contributed by atoms with van der Waals surface area (Å²) in [7, 11) is 0. The van der Waals surface area contributed by atoms with E-state index >= 15 is 0 Å². The van der Waals surface area contributed by atoms with Crippen molar-refractivity contribution in [1.29, 1.82) is 0 Å². The zero-order valence-corrected chi connectivity index (χ0v) is 6.59. The molecule has 0 aliphatic carbocycles. The molecule has 0 bridgehead atoms. The van der Waals surface area contributed by atoms with E-state index in [1.807, 2.05) is 0 Å². The van der Waals surface area contributed by atoms with Crippen LogP contribution in [0.4, 0.5) is 4.53 Å². The van der Waals surface area contributed by atoms with Gasteiger partial charge in [-0.05, 0) is 0 Å². The van der Waals surface area contributed by atoms with Crippen molar-refractivity contribution >= 4 is 33.6 Å². The van der Waals surface area contributed by atoms with Gasteiger partial charge in [0.05, 0.1) is 0 Å². The summed E-state index contributed by atoms with van der Waals surface area (Å²) in [5.41, 5.74) is 0. The monoisotopic (exact) mass is 240 g/mol. The Balaban J connectivity index is 0. The van der Waals surface area contributed by atoms with Crippen molar-refractivity contribution in [2.24, 2.45) is 0 Å². The van der Waals surface area contributed by atoms with E-state index in [1.165, 1.54) is 0 Å². The van der Waals surface area contributed by atoms with Crippen LogP contribution in [0.2, 0.25) is 0 Å². The second-order valence-corrected chi connectivity index (χ2v) is 3.75. The molecule has 0 unspecified atom stereocenters. The molecule has 0 spiro atoms. The Morgan fingerprint density at radius 3 is 1.71 bits per heavy atom. The molecule has 0 rings (SSSR count). The summed E-state index contributed by atoms with van der Waals surface area (Å²) in [6.45, 7) is 0.